The van der Waals surface area contributed by atoms with E-state index in [0.29, 0.717) is 6.54 Å². The highest BCUT2D eigenvalue weighted by Crippen LogP contribution is 2.35. The summed E-state index contributed by atoms with van der Waals surface area (Å²) < 4.78 is 1.10. The lowest BCUT2D eigenvalue weighted by Gasteiger charge is -2.31. The monoisotopic (exact) mass is 304 g/mol. The molecule has 4 heteroatoms. The quantitative estimate of drug-likeness (QED) is 0.686. The molecule has 0 amide bonds. The molecule has 0 saturated heterocycles. The Morgan fingerprint density at radius 1 is 1.57 bits per heavy atom. The predicted molar refractivity (Wildman–Crippen MR) is 65.2 cm³/mol. The van der Waals surface area contributed by atoms with Gasteiger partial charge in [0.15, 0.2) is 0 Å². The van der Waals surface area contributed by atoms with Crippen LogP contribution in [0, 0.1) is 9.49 Å². The van der Waals surface area contributed by atoms with Crippen LogP contribution in [0.15, 0.2) is 18.2 Å². The molecule has 2 rings (SSSR count). The van der Waals surface area contributed by atoms with Gasteiger partial charge in [-0.1, -0.05) is 6.07 Å². The number of benzene rings is 1. The predicted octanol–water partition coefficient (Wildman–Crippen LogP) is 1.32. The number of nitrogens with one attached hydrogen (secondary N) is 1. The second kappa shape index (κ2) is 4.04. The van der Waals surface area contributed by atoms with Crippen LogP contribution in [-0.4, -0.2) is 18.2 Å². The molecule has 0 spiro atoms. The molecule has 0 saturated carbocycles. The van der Waals surface area contributed by atoms with E-state index in [-0.39, 0.29) is 5.92 Å². The van der Waals surface area contributed by atoms with E-state index in [9.17, 15) is 5.11 Å². The van der Waals surface area contributed by atoms with Gasteiger partial charge in [0.25, 0.3) is 0 Å². The molecule has 1 aromatic carbocycles. The number of nitrogens with two attached hydrogens (primary N) is 1. The Morgan fingerprint density at radius 2 is 2.36 bits per heavy atom. The molecule has 2 atom stereocenters. The van der Waals surface area contributed by atoms with Crippen molar-refractivity contribution in [3.8, 4) is 0 Å². The van der Waals surface area contributed by atoms with E-state index in [4.69, 9.17) is 5.73 Å². The van der Waals surface area contributed by atoms with Gasteiger partial charge in [0.05, 0.1) is 6.10 Å². The molecular weight excluding hydrogens is 291 g/mol. The van der Waals surface area contributed by atoms with Crippen molar-refractivity contribution in [1.29, 1.82) is 0 Å². The fourth-order valence-corrected chi connectivity index (χ4v) is 2.61. The lowest BCUT2D eigenvalue weighted by atomic mass is 9.91. The first-order valence-corrected chi connectivity index (χ1v) is 5.72. The van der Waals surface area contributed by atoms with E-state index >= 15 is 0 Å². The minimum Gasteiger partial charge on any atom is -0.388 e. The van der Waals surface area contributed by atoms with E-state index in [0.717, 1.165) is 21.4 Å². The van der Waals surface area contributed by atoms with Gasteiger partial charge in [-0.25, -0.2) is 0 Å². The zero-order chi connectivity index (χ0) is 10.1. The van der Waals surface area contributed by atoms with Gasteiger partial charge in [-0.3, -0.25) is 0 Å². The first-order chi connectivity index (χ1) is 6.74. The standard InChI is InChI=1S/C10H13IN2O/c11-7-2-1-3-8-9(7)10(14)6(4-12)5-13-8/h1-3,6,10,13-14H,4-5,12H2. The van der Waals surface area contributed by atoms with Crippen LogP contribution in [-0.2, 0) is 0 Å². The fraction of sp³-hybridized carbons (Fsp3) is 0.400. The molecule has 4 N–H and O–H groups in total. The molecule has 14 heavy (non-hydrogen) atoms. The van der Waals surface area contributed by atoms with Crippen LogP contribution in [0.3, 0.4) is 0 Å². The van der Waals surface area contributed by atoms with Crippen molar-refractivity contribution >= 4 is 28.3 Å². The normalized spacial score (nSPS) is 25.4. The SMILES string of the molecule is NCC1CNc2cccc(I)c2C1O. The maximum Gasteiger partial charge on any atom is 0.0877 e. The van der Waals surface area contributed by atoms with Gasteiger partial charge < -0.3 is 16.2 Å². The third-order valence-electron chi connectivity index (χ3n) is 2.65. The number of hydrogen-bond donors (Lipinski definition) is 3. The first-order valence-electron chi connectivity index (χ1n) is 4.64. The Balaban J connectivity index is 2.43. The number of anilines is 1. The third-order valence-corrected chi connectivity index (χ3v) is 3.59. The summed E-state index contributed by atoms with van der Waals surface area (Å²) in [4.78, 5) is 0. The highest BCUT2D eigenvalue weighted by molar-refractivity contribution is 14.1. The molecule has 1 aliphatic heterocycles. The first kappa shape index (κ1) is 10.2. The second-order valence-corrected chi connectivity index (χ2v) is 4.68. The molecule has 1 aromatic rings. The summed E-state index contributed by atoms with van der Waals surface area (Å²) in [6, 6.07) is 5.99. The molecule has 2 unspecified atom stereocenters. The third kappa shape index (κ3) is 1.62. The Kier molecular flexibility index (Phi) is 2.94. The highest BCUT2D eigenvalue weighted by Gasteiger charge is 2.28. The molecule has 1 aliphatic rings. The second-order valence-electron chi connectivity index (χ2n) is 3.52. The van der Waals surface area contributed by atoms with E-state index in [1.807, 2.05) is 18.2 Å². The smallest absolute Gasteiger partial charge is 0.0877 e. The highest BCUT2D eigenvalue weighted by atomic mass is 127. The average Bonchev–Trinajstić information content (AvgIpc) is 2.18. The molecule has 76 valence electrons. The molecule has 0 bridgehead atoms. The topological polar surface area (TPSA) is 58.3 Å². The average molecular weight is 304 g/mol. The Bertz CT molecular complexity index is 343. The van der Waals surface area contributed by atoms with Gasteiger partial charge in [-0.2, -0.15) is 0 Å². The van der Waals surface area contributed by atoms with Crippen LogP contribution in [0.5, 0.6) is 0 Å². The van der Waals surface area contributed by atoms with Crippen LogP contribution >= 0.6 is 22.6 Å². The number of halogens is 1. The maximum atomic E-state index is 10.1. The van der Waals surface area contributed by atoms with Crippen LogP contribution in [0.1, 0.15) is 11.7 Å². The van der Waals surface area contributed by atoms with Crippen molar-refractivity contribution in [2.24, 2.45) is 11.7 Å². The number of hydrogen-bond acceptors (Lipinski definition) is 3. The summed E-state index contributed by atoms with van der Waals surface area (Å²) in [6.45, 7) is 1.27. The summed E-state index contributed by atoms with van der Waals surface area (Å²) in [6.07, 6.45) is -0.427. The van der Waals surface area contributed by atoms with Crippen LogP contribution < -0.4 is 11.1 Å². The van der Waals surface area contributed by atoms with E-state index in [1.165, 1.54) is 0 Å². The molecule has 0 aromatic heterocycles. The largest absolute Gasteiger partial charge is 0.388 e. The van der Waals surface area contributed by atoms with E-state index < -0.39 is 6.10 Å². The lowest BCUT2D eigenvalue weighted by Crippen LogP contribution is -2.33. The van der Waals surface area contributed by atoms with E-state index in [2.05, 4.69) is 27.9 Å². The Hall–Kier alpha value is -0.330. The number of rotatable bonds is 1. The van der Waals surface area contributed by atoms with Gasteiger partial charge in [-0.05, 0) is 41.3 Å². The van der Waals surface area contributed by atoms with Crippen LogP contribution in [0.2, 0.25) is 0 Å². The van der Waals surface area contributed by atoms with Crippen molar-refractivity contribution in [1.82, 2.24) is 0 Å². The van der Waals surface area contributed by atoms with Gasteiger partial charge in [0.2, 0.25) is 0 Å². The number of aliphatic hydroxyl groups excluding tert-OH is 1. The van der Waals surface area contributed by atoms with Crippen molar-refractivity contribution in [3.05, 3.63) is 27.3 Å². The van der Waals surface area contributed by atoms with Crippen LogP contribution in [0.25, 0.3) is 0 Å². The molecule has 3 nitrogen and oxygen atoms in total. The van der Waals surface area contributed by atoms with Gasteiger partial charge in [0.1, 0.15) is 0 Å². The summed E-state index contributed by atoms with van der Waals surface area (Å²) >= 11 is 2.24. The van der Waals surface area contributed by atoms with Crippen LogP contribution in [0.4, 0.5) is 5.69 Å². The van der Waals surface area contributed by atoms with Crippen molar-refractivity contribution in [2.45, 2.75) is 6.10 Å². The van der Waals surface area contributed by atoms with Gasteiger partial charge >= 0.3 is 0 Å². The number of aliphatic hydroxyl groups is 1. The molecule has 0 aliphatic carbocycles. The number of fused-ring (bicyclic) bond motifs is 1. The lowest BCUT2D eigenvalue weighted by molar-refractivity contribution is 0.114. The summed E-state index contributed by atoms with van der Waals surface area (Å²) in [5.41, 5.74) is 7.63. The summed E-state index contributed by atoms with van der Waals surface area (Å²) in [5, 5.41) is 13.4. The van der Waals surface area contributed by atoms with Gasteiger partial charge in [-0.15, -0.1) is 0 Å². The Morgan fingerprint density at radius 3 is 3.07 bits per heavy atom. The van der Waals surface area contributed by atoms with E-state index in [1.54, 1.807) is 0 Å². The van der Waals surface area contributed by atoms with Crippen molar-refractivity contribution in [2.75, 3.05) is 18.4 Å². The fourth-order valence-electron chi connectivity index (χ4n) is 1.79. The minimum atomic E-state index is -0.427. The maximum absolute atomic E-state index is 10.1. The zero-order valence-corrected chi connectivity index (χ0v) is 9.86. The minimum absolute atomic E-state index is 0.124. The van der Waals surface area contributed by atoms with Crippen molar-refractivity contribution < 1.29 is 5.11 Å². The molecular formula is C10H13IN2O. The molecule has 0 radical (unpaired) electrons. The Labute approximate surface area is 96.8 Å². The summed E-state index contributed by atoms with van der Waals surface area (Å²) in [7, 11) is 0. The molecule has 0 fully saturated rings. The van der Waals surface area contributed by atoms with Crippen molar-refractivity contribution in [3.63, 3.8) is 0 Å². The summed E-state index contributed by atoms with van der Waals surface area (Å²) in [5.74, 6) is 0.124. The van der Waals surface area contributed by atoms with Gasteiger partial charge in [0, 0.05) is 27.3 Å². The molecule has 1 heterocycles. The zero-order valence-electron chi connectivity index (χ0n) is 7.70.